The summed E-state index contributed by atoms with van der Waals surface area (Å²) >= 11 is 0. The zero-order valence-corrected chi connectivity index (χ0v) is 21.7. The molecule has 0 saturated carbocycles. The summed E-state index contributed by atoms with van der Waals surface area (Å²) in [5.74, 6) is -0.0944. The van der Waals surface area contributed by atoms with Crippen LogP contribution in [0.15, 0.2) is 45.8 Å². The molecule has 14 heteroatoms. The first-order chi connectivity index (χ1) is 17.5. The molecule has 37 heavy (non-hydrogen) atoms. The van der Waals surface area contributed by atoms with Crippen molar-refractivity contribution in [2.75, 3.05) is 43.2 Å². The monoisotopic (exact) mass is 536 g/mol. The summed E-state index contributed by atoms with van der Waals surface area (Å²) in [6.45, 7) is 2.34. The van der Waals surface area contributed by atoms with Crippen molar-refractivity contribution < 1.29 is 37.1 Å². The molecule has 0 radical (unpaired) electrons. The highest BCUT2D eigenvalue weighted by Crippen LogP contribution is 2.34. The zero-order valence-electron chi connectivity index (χ0n) is 20.9. The highest BCUT2D eigenvalue weighted by molar-refractivity contribution is 7.93. The topological polar surface area (TPSA) is 155 Å². The molecule has 0 amide bonds. The van der Waals surface area contributed by atoms with Crippen LogP contribution in [0.3, 0.4) is 0 Å². The van der Waals surface area contributed by atoms with Gasteiger partial charge in [0.25, 0.3) is 15.1 Å². The largest absolute Gasteiger partial charge is 0.510 e. The molecule has 0 aliphatic rings. The lowest BCUT2D eigenvalue weighted by molar-refractivity contribution is -0.757. The van der Waals surface area contributed by atoms with Gasteiger partial charge in [-0.1, -0.05) is 29.4 Å². The molecule has 0 saturated heterocycles. The van der Waals surface area contributed by atoms with E-state index in [0.717, 1.165) is 15.4 Å². The number of carbonyl (C=O) groups is 1. The first-order valence-corrected chi connectivity index (χ1v) is 12.7. The summed E-state index contributed by atoms with van der Waals surface area (Å²) < 4.78 is 44.0. The molecular formula is C23H28N4O9S. The average molecular weight is 537 g/mol. The molecule has 1 heterocycles. The molecule has 3 aromatic rings. The first-order valence-electron chi connectivity index (χ1n) is 11.3. The maximum absolute atomic E-state index is 13.9. The van der Waals surface area contributed by atoms with Gasteiger partial charge in [-0.15, -0.1) is 10.1 Å². The maximum Gasteiger partial charge on any atom is 0.510 e. The second kappa shape index (κ2) is 11.8. The van der Waals surface area contributed by atoms with Gasteiger partial charge in [0.05, 0.1) is 23.8 Å². The molecule has 0 unspecified atom stereocenters. The van der Waals surface area contributed by atoms with Crippen molar-refractivity contribution in [3.8, 4) is 0 Å². The molecule has 0 spiro atoms. The number of benzene rings is 2. The van der Waals surface area contributed by atoms with E-state index in [1.165, 1.54) is 6.07 Å². The Bertz CT molecular complexity index is 1370. The lowest BCUT2D eigenvalue weighted by Gasteiger charge is -2.23. The minimum atomic E-state index is -4.30. The van der Waals surface area contributed by atoms with Crippen LogP contribution in [0.25, 0.3) is 10.8 Å². The quantitative estimate of drug-likeness (QED) is 0.109. The highest BCUT2D eigenvalue weighted by atomic mass is 32.2. The Balaban J connectivity index is 1.85. The van der Waals surface area contributed by atoms with Gasteiger partial charge in [0, 0.05) is 36.1 Å². The Hall–Kier alpha value is -4.07. The summed E-state index contributed by atoms with van der Waals surface area (Å²) in [4.78, 5) is 28.3. The van der Waals surface area contributed by atoms with E-state index in [0.29, 0.717) is 16.6 Å². The number of hydrogen-bond donors (Lipinski definition) is 0. The third kappa shape index (κ3) is 6.39. The number of sulfonamides is 1. The fraction of sp³-hybridized carbons (Fsp3) is 0.391. The number of fused-ring (bicyclic) bond motifs is 1. The third-order valence-corrected chi connectivity index (χ3v) is 7.29. The normalized spacial score (nSPS) is 11.2. The van der Waals surface area contributed by atoms with Gasteiger partial charge in [0.2, 0.25) is 5.88 Å². The number of aryl methyl sites for hydroxylation is 1. The molecule has 2 aromatic carbocycles. The summed E-state index contributed by atoms with van der Waals surface area (Å²) in [7, 11) is -0.583. The Kier molecular flexibility index (Phi) is 8.76. The molecule has 13 nitrogen and oxygen atoms in total. The molecule has 0 aliphatic carbocycles. The van der Waals surface area contributed by atoms with E-state index in [1.54, 1.807) is 32.0 Å². The van der Waals surface area contributed by atoms with E-state index >= 15 is 0 Å². The second-order valence-corrected chi connectivity index (χ2v) is 10.0. The smallest absolute Gasteiger partial charge is 0.434 e. The van der Waals surface area contributed by atoms with Gasteiger partial charge in [-0.25, -0.2) is 13.2 Å². The number of unbranched alkanes of at least 4 members (excludes halogenated alkanes) is 1. The van der Waals surface area contributed by atoms with Gasteiger partial charge in [-0.05, 0) is 38.8 Å². The van der Waals surface area contributed by atoms with Crippen molar-refractivity contribution in [3.63, 3.8) is 0 Å². The van der Waals surface area contributed by atoms with Gasteiger partial charge in [0.1, 0.15) is 0 Å². The number of aromatic nitrogens is 1. The second-order valence-electron chi connectivity index (χ2n) is 8.21. The van der Waals surface area contributed by atoms with Crippen LogP contribution in [0.4, 0.5) is 16.4 Å². The summed E-state index contributed by atoms with van der Waals surface area (Å²) in [5, 5.41) is 14.3. The Morgan fingerprint density at radius 2 is 1.73 bits per heavy atom. The first kappa shape index (κ1) is 27.5. The standard InChI is InChI=1S/C23H28N4O9S/c1-16-17(2)24-36-22(16)26(15-34-23(28)33-13-5-6-14-35-27(29)30)37(31,32)21-12-8-9-18-19(21)10-7-11-20(18)25(3)4/h7-12H,5-6,13-15H2,1-4H3. The molecular weight excluding hydrogens is 508 g/mol. The van der Waals surface area contributed by atoms with E-state index in [1.807, 2.05) is 31.1 Å². The lowest BCUT2D eigenvalue weighted by Crippen LogP contribution is -2.35. The van der Waals surface area contributed by atoms with Gasteiger partial charge in [-0.2, -0.15) is 4.31 Å². The molecule has 0 atom stereocenters. The Labute approximate surface area is 213 Å². The van der Waals surface area contributed by atoms with Crippen molar-refractivity contribution in [2.24, 2.45) is 0 Å². The fourth-order valence-electron chi connectivity index (χ4n) is 3.52. The van der Waals surface area contributed by atoms with Gasteiger partial charge in [0.15, 0.2) is 6.73 Å². The van der Waals surface area contributed by atoms with Crippen LogP contribution < -0.4 is 9.21 Å². The minimum Gasteiger partial charge on any atom is -0.434 e. The number of nitrogens with zero attached hydrogens (tertiary/aromatic N) is 4. The Morgan fingerprint density at radius 3 is 2.38 bits per heavy atom. The van der Waals surface area contributed by atoms with E-state index in [-0.39, 0.29) is 36.8 Å². The molecule has 3 rings (SSSR count). The van der Waals surface area contributed by atoms with Crippen LogP contribution in [-0.2, 0) is 24.3 Å². The van der Waals surface area contributed by atoms with Crippen LogP contribution in [0, 0.1) is 24.0 Å². The highest BCUT2D eigenvalue weighted by Gasteiger charge is 2.33. The molecule has 1 aromatic heterocycles. The van der Waals surface area contributed by atoms with E-state index < -0.39 is 28.0 Å². The molecule has 200 valence electrons. The van der Waals surface area contributed by atoms with Gasteiger partial charge in [-0.3, -0.25) is 0 Å². The van der Waals surface area contributed by atoms with Gasteiger partial charge < -0.3 is 23.7 Å². The number of anilines is 2. The summed E-state index contributed by atoms with van der Waals surface area (Å²) in [5.41, 5.74) is 1.76. The predicted molar refractivity (Wildman–Crippen MR) is 133 cm³/mol. The van der Waals surface area contributed by atoms with E-state index in [2.05, 4.69) is 9.99 Å². The van der Waals surface area contributed by atoms with Crippen molar-refractivity contribution in [1.82, 2.24) is 5.16 Å². The number of ether oxygens (including phenoxy) is 2. The fourth-order valence-corrected chi connectivity index (χ4v) is 5.05. The molecule has 0 aliphatic heterocycles. The molecule has 0 N–H and O–H groups in total. The third-order valence-electron chi connectivity index (χ3n) is 5.52. The van der Waals surface area contributed by atoms with Crippen molar-refractivity contribution in [1.29, 1.82) is 0 Å². The van der Waals surface area contributed by atoms with E-state index in [9.17, 15) is 23.3 Å². The van der Waals surface area contributed by atoms with Crippen LogP contribution in [0.1, 0.15) is 24.1 Å². The van der Waals surface area contributed by atoms with Crippen LogP contribution >= 0.6 is 0 Å². The van der Waals surface area contributed by atoms with Crippen molar-refractivity contribution in [3.05, 3.63) is 57.8 Å². The Morgan fingerprint density at radius 1 is 1.05 bits per heavy atom. The predicted octanol–water partition coefficient (Wildman–Crippen LogP) is 3.81. The minimum absolute atomic E-state index is 0.00934. The number of carbonyl (C=O) groups excluding carboxylic acids is 1. The zero-order chi connectivity index (χ0) is 27.2. The number of rotatable bonds is 12. The van der Waals surface area contributed by atoms with E-state index in [4.69, 9.17) is 14.0 Å². The number of hydrogen-bond acceptors (Lipinski definition) is 11. The maximum atomic E-state index is 13.9. The average Bonchev–Trinajstić information content (AvgIpc) is 3.18. The summed E-state index contributed by atoms with van der Waals surface area (Å²) in [6.07, 6.45) is -0.547. The summed E-state index contributed by atoms with van der Waals surface area (Å²) in [6, 6.07) is 10.3. The van der Waals surface area contributed by atoms with Crippen molar-refractivity contribution in [2.45, 2.75) is 31.6 Å². The molecule has 0 fully saturated rings. The SMILES string of the molecule is Cc1noc(N(COC(=O)OCCCCO[N+](=O)[O-])S(=O)(=O)c2cccc3c(N(C)C)cccc23)c1C. The lowest BCUT2D eigenvalue weighted by atomic mass is 10.1. The van der Waals surface area contributed by atoms with Crippen molar-refractivity contribution >= 4 is 38.5 Å². The van der Waals surface area contributed by atoms with Crippen LogP contribution in [0.2, 0.25) is 0 Å². The van der Waals surface area contributed by atoms with Crippen LogP contribution in [0.5, 0.6) is 0 Å². The van der Waals surface area contributed by atoms with Gasteiger partial charge >= 0.3 is 6.16 Å². The molecule has 0 bridgehead atoms. The van der Waals surface area contributed by atoms with Crippen LogP contribution in [-0.4, -0.2) is 58.9 Å².